The third kappa shape index (κ3) is 5.75. The van der Waals surface area contributed by atoms with Gasteiger partial charge >= 0.3 is 12.0 Å². The Hall–Kier alpha value is -2.57. The van der Waals surface area contributed by atoms with E-state index in [-0.39, 0.29) is 24.4 Å². The molecule has 4 N–H and O–H groups in total. The molecule has 3 amide bonds. The van der Waals surface area contributed by atoms with Crippen molar-refractivity contribution in [2.45, 2.75) is 51.6 Å². The number of hydrogen-bond donors (Lipinski definition) is 4. The lowest BCUT2D eigenvalue weighted by Crippen LogP contribution is -2.49. The van der Waals surface area contributed by atoms with Crippen molar-refractivity contribution < 1.29 is 19.5 Å². The summed E-state index contributed by atoms with van der Waals surface area (Å²) in [7, 11) is 0. The van der Waals surface area contributed by atoms with E-state index in [0.717, 1.165) is 24.8 Å². The van der Waals surface area contributed by atoms with Gasteiger partial charge in [-0.05, 0) is 42.7 Å². The third-order valence-electron chi connectivity index (χ3n) is 4.42. The molecule has 1 aliphatic rings. The Labute approximate surface area is 153 Å². The van der Waals surface area contributed by atoms with Crippen molar-refractivity contribution in [2.75, 3.05) is 6.54 Å². The van der Waals surface area contributed by atoms with Crippen LogP contribution in [0, 0.1) is 5.92 Å². The number of aryl methyl sites for hydroxylation is 1. The smallest absolute Gasteiger partial charge is 0.326 e. The van der Waals surface area contributed by atoms with E-state index >= 15 is 0 Å². The molecule has 0 heterocycles. The van der Waals surface area contributed by atoms with Crippen molar-refractivity contribution in [2.24, 2.45) is 5.92 Å². The van der Waals surface area contributed by atoms with E-state index in [1.807, 2.05) is 32.0 Å². The van der Waals surface area contributed by atoms with Crippen LogP contribution in [0.25, 0.3) is 0 Å². The summed E-state index contributed by atoms with van der Waals surface area (Å²) in [5.74, 6) is -1.25. The average Bonchev–Trinajstić information content (AvgIpc) is 2.59. The highest BCUT2D eigenvalue weighted by Gasteiger charge is 2.23. The highest BCUT2D eigenvalue weighted by Crippen LogP contribution is 2.29. The number of urea groups is 1. The van der Waals surface area contributed by atoms with Gasteiger partial charge in [0.2, 0.25) is 5.91 Å². The maximum Gasteiger partial charge on any atom is 0.326 e. The second-order valence-electron chi connectivity index (χ2n) is 7.06. The number of carbonyl (C=O) groups excluding carboxylic acids is 2. The van der Waals surface area contributed by atoms with Crippen LogP contribution in [0.15, 0.2) is 24.3 Å². The second kappa shape index (κ2) is 9.22. The van der Waals surface area contributed by atoms with Crippen LogP contribution in [0.1, 0.15) is 50.3 Å². The Bertz CT molecular complexity index is 660. The number of amides is 3. The molecule has 0 aliphatic heterocycles. The van der Waals surface area contributed by atoms with Gasteiger partial charge in [0.05, 0.1) is 12.6 Å². The van der Waals surface area contributed by atoms with Crippen molar-refractivity contribution in [3.8, 4) is 0 Å². The molecule has 2 atom stereocenters. The maximum atomic E-state index is 12.2. The van der Waals surface area contributed by atoms with Crippen LogP contribution in [0.2, 0.25) is 0 Å². The zero-order valence-corrected chi connectivity index (χ0v) is 15.2. The highest BCUT2D eigenvalue weighted by atomic mass is 16.4. The standard InChI is InChI=1S/C19H27N3O4/c1-12(2)10-16(18(24)25)22-19(26)20-11-17(23)21-15-9-5-7-13-6-3-4-8-14(13)15/h3-4,6,8,12,15-16H,5,7,9-11H2,1-2H3,(H,21,23)(H,24,25)(H2,20,22,26)/t15-,16+/m0/s1. The zero-order valence-electron chi connectivity index (χ0n) is 15.2. The van der Waals surface area contributed by atoms with Crippen molar-refractivity contribution in [3.05, 3.63) is 35.4 Å². The van der Waals surface area contributed by atoms with Crippen LogP contribution >= 0.6 is 0 Å². The van der Waals surface area contributed by atoms with Crippen molar-refractivity contribution in [3.63, 3.8) is 0 Å². The van der Waals surface area contributed by atoms with E-state index in [1.54, 1.807) is 0 Å². The average molecular weight is 361 g/mol. The number of carbonyl (C=O) groups is 3. The van der Waals surface area contributed by atoms with Crippen molar-refractivity contribution >= 4 is 17.9 Å². The highest BCUT2D eigenvalue weighted by molar-refractivity contribution is 5.86. The molecule has 1 aromatic carbocycles. The van der Waals surface area contributed by atoms with E-state index in [4.69, 9.17) is 5.11 Å². The quantitative estimate of drug-likeness (QED) is 0.595. The molecule has 1 aromatic rings. The first-order valence-corrected chi connectivity index (χ1v) is 9.01. The molecule has 0 spiro atoms. The Balaban J connectivity index is 1.82. The number of carboxylic acid groups (broad SMARTS) is 1. The Morgan fingerprint density at radius 2 is 1.96 bits per heavy atom. The molecule has 0 unspecified atom stereocenters. The summed E-state index contributed by atoms with van der Waals surface area (Å²) in [4.78, 5) is 35.2. The van der Waals surface area contributed by atoms with Gasteiger partial charge in [-0.2, -0.15) is 0 Å². The van der Waals surface area contributed by atoms with Crippen LogP contribution in [0.3, 0.4) is 0 Å². The number of aliphatic carboxylic acids is 1. The van der Waals surface area contributed by atoms with Gasteiger partial charge in [0.25, 0.3) is 0 Å². The molecule has 0 radical (unpaired) electrons. The van der Waals surface area contributed by atoms with E-state index in [9.17, 15) is 14.4 Å². The second-order valence-corrected chi connectivity index (χ2v) is 7.06. The third-order valence-corrected chi connectivity index (χ3v) is 4.42. The molecule has 0 saturated carbocycles. The molecule has 142 valence electrons. The Kier molecular flexibility index (Phi) is 7.00. The molecule has 7 nitrogen and oxygen atoms in total. The van der Waals surface area contributed by atoms with E-state index in [1.165, 1.54) is 5.56 Å². The normalized spacial score (nSPS) is 17.1. The minimum atomic E-state index is -1.09. The summed E-state index contributed by atoms with van der Waals surface area (Å²) in [6.45, 7) is 3.56. The summed E-state index contributed by atoms with van der Waals surface area (Å²) >= 11 is 0. The fourth-order valence-corrected chi connectivity index (χ4v) is 3.21. The summed E-state index contributed by atoms with van der Waals surface area (Å²) in [6.07, 6.45) is 3.21. The first kappa shape index (κ1) is 19.8. The van der Waals surface area contributed by atoms with Crippen LogP contribution < -0.4 is 16.0 Å². The Morgan fingerprint density at radius 3 is 2.65 bits per heavy atom. The molecular formula is C19H27N3O4. The largest absolute Gasteiger partial charge is 0.480 e. The molecule has 2 rings (SSSR count). The van der Waals surface area contributed by atoms with Gasteiger partial charge < -0.3 is 21.1 Å². The van der Waals surface area contributed by atoms with Crippen LogP contribution in [0.5, 0.6) is 0 Å². The molecule has 0 bridgehead atoms. The topological polar surface area (TPSA) is 108 Å². The van der Waals surface area contributed by atoms with Gasteiger partial charge in [-0.25, -0.2) is 9.59 Å². The SMILES string of the molecule is CC(C)C[C@@H](NC(=O)NCC(=O)N[C@H]1CCCc2ccccc21)C(=O)O. The van der Waals surface area contributed by atoms with Crippen LogP contribution in [-0.4, -0.2) is 35.6 Å². The first-order chi connectivity index (χ1) is 12.4. The monoisotopic (exact) mass is 361 g/mol. The van der Waals surface area contributed by atoms with Gasteiger partial charge in [0.15, 0.2) is 0 Å². The van der Waals surface area contributed by atoms with Crippen molar-refractivity contribution in [1.82, 2.24) is 16.0 Å². The van der Waals surface area contributed by atoms with E-state index in [0.29, 0.717) is 6.42 Å². The fraction of sp³-hybridized carbons (Fsp3) is 0.526. The molecule has 0 saturated heterocycles. The van der Waals surface area contributed by atoms with Crippen LogP contribution in [0.4, 0.5) is 4.79 Å². The lowest BCUT2D eigenvalue weighted by molar-refractivity contribution is -0.139. The molecule has 26 heavy (non-hydrogen) atoms. The lowest BCUT2D eigenvalue weighted by atomic mass is 9.88. The number of nitrogens with one attached hydrogen (secondary N) is 3. The number of carboxylic acids is 1. The number of hydrogen-bond acceptors (Lipinski definition) is 3. The van der Waals surface area contributed by atoms with Crippen molar-refractivity contribution in [1.29, 1.82) is 0 Å². The molecule has 0 aromatic heterocycles. The number of benzene rings is 1. The predicted octanol–water partition coefficient (Wildman–Crippen LogP) is 1.98. The molecular weight excluding hydrogens is 334 g/mol. The number of fused-ring (bicyclic) bond motifs is 1. The summed E-state index contributed by atoms with van der Waals surface area (Å²) in [5, 5.41) is 16.9. The molecule has 0 fully saturated rings. The Morgan fingerprint density at radius 1 is 1.23 bits per heavy atom. The van der Waals surface area contributed by atoms with Crippen LogP contribution in [-0.2, 0) is 16.0 Å². The van der Waals surface area contributed by atoms with Gasteiger partial charge in [-0.3, -0.25) is 4.79 Å². The molecule has 1 aliphatic carbocycles. The molecule has 7 heteroatoms. The number of rotatable bonds is 7. The maximum absolute atomic E-state index is 12.2. The minimum Gasteiger partial charge on any atom is -0.480 e. The van der Waals surface area contributed by atoms with Gasteiger partial charge in [-0.15, -0.1) is 0 Å². The van der Waals surface area contributed by atoms with Gasteiger partial charge in [0, 0.05) is 0 Å². The van der Waals surface area contributed by atoms with E-state index in [2.05, 4.69) is 22.0 Å². The minimum absolute atomic E-state index is 0.0509. The predicted molar refractivity (Wildman–Crippen MR) is 97.7 cm³/mol. The summed E-state index contributed by atoms with van der Waals surface area (Å²) in [6, 6.07) is 6.36. The zero-order chi connectivity index (χ0) is 19.1. The van der Waals surface area contributed by atoms with Gasteiger partial charge in [0.1, 0.15) is 6.04 Å². The fourth-order valence-electron chi connectivity index (χ4n) is 3.21. The summed E-state index contributed by atoms with van der Waals surface area (Å²) < 4.78 is 0. The summed E-state index contributed by atoms with van der Waals surface area (Å²) in [5.41, 5.74) is 2.37. The van der Waals surface area contributed by atoms with Gasteiger partial charge in [-0.1, -0.05) is 38.1 Å². The first-order valence-electron chi connectivity index (χ1n) is 9.01. The lowest BCUT2D eigenvalue weighted by Gasteiger charge is -2.26. The van der Waals surface area contributed by atoms with E-state index < -0.39 is 18.0 Å².